The number of carbonyl (C=O) groups is 1. The van der Waals surface area contributed by atoms with Crippen LogP contribution >= 0.6 is 22.9 Å². The Balaban J connectivity index is 1.63. The highest BCUT2D eigenvalue weighted by atomic mass is 35.5. The second kappa shape index (κ2) is 7.47. The zero-order valence-corrected chi connectivity index (χ0v) is 16.1. The first kappa shape index (κ1) is 18.2. The van der Waals surface area contributed by atoms with Crippen molar-refractivity contribution in [3.63, 3.8) is 0 Å². The van der Waals surface area contributed by atoms with Gasteiger partial charge < -0.3 is 5.11 Å². The predicted molar refractivity (Wildman–Crippen MR) is 103 cm³/mol. The van der Waals surface area contributed by atoms with Gasteiger partial charge in [0.15, 0.2) is 5.69 Å². The summed E-state index contributed by atoms with van der Waals surface area (Å²) in [6, 6.07) is 3.38. The molecule has 2 N–H and O–H groups in total. The van der Waals surface area contributed by atoms with E-state index in [4.69, 9.17) is 11.6 Å². The molecule has 0 saturated heterocycles. The molecule has 7 nitrogen and oxygen atoms in total. The highest BCUT2D eigenvalue weighted by molar-refractivity contribution is 7.17. The van der Waals surface area contributed by atoms with Crippen molar-refractivity contribution >= 4 is 39.1 Å². The van der Waals surface area contributed by atoms with Gasteiger partial charge in [-0.2, -0.15) is 0 Å². The monoisotopic (exact) mass is 403 g/mol. The van der Waals surface area contributed by atoms with Gasteiger partial charge in [-0.15, -0.1) is 11.3 Å². The predicted octanol–water partition coefficient (Wildman–Crippen LogP) is 2.97. The molecule has 4 rings (SSSR count). The number of thiophene rings is 1. The van der Waals surface area contributed by atoms with E-state index >= 15 is 0 Å². The molecule has 140 valence electrons. The van der Waals surface area contributed by atoms with Gasteiger partial charge in [0.25, 0.3) is 5.91 Å². The van der Waals surface area contributed by atoms with E-state index in [-0.39, 0.29) is 24.1 Å². The number of hydrogen-bond acceptors (Lipinski definition) is 7. The van der Waals surface area contributed by atoms with Crippen LogP contribution in [0.25, 0.3) is 10.2 Å². The van der Waals surface area contributed by atoms with Gasteiger partial charge >= 0.3 is 0 Å². The fourth-order valence-electron chi connectivity index (χ4n) is 3.10. The summed E-state index contributed by atoms with van der Waals surface area (Å²) in [5.41, 5.74) is 5.23. The molecule has 1 aliphatic rings. The molecule has 1 saturated carbocycles. The van der Waals surface area contributed by atoms with Gasteiger partial charge in [0.05, 0.1) is 33.4 Å². The number of halogens is 1. The number of hydrazine groups is 1. The van der Waals surface area contributed by atoms with Crippen molar-refractivity contribution in [2.75, 3.05) is 0 Å². The first-order valence-corrected chi connectivity index (χ1v) is 9.85. The second-order valence-corrected chi connectivity index (χ2v) is 7.95. The minimum atomic E-state index is -0.387. The summed E-state index contributed by atoms with van der Waals surface area (Å²) in [5.74, 6) is -0.233. The summed E-state index contributed by atoms with van der Waals surface area (Å²) in [7, 11) is 0. The van der Waals surface area contributed by atoms with Gasteiger partial charge in [-0.3, -0.25) is 14.8 Å². The molecule has 9 heteroatoms. The summed E-state index contributed by atoms with van der Waals surface area (Å²) in [4.78, 5) is 25.8. The molecule has 1 atom stereocenters. The van der Waals surface area contributed by atoms with Crippen LogP contribution in [0.5, 0.6) is 0 Å². The Bertz CT molecular complexity index is 975. The number of carbonyl (C=O) groups excluding carboxylic acids is 1. The second-order valence-electron chi connectivity index (χ2n) is 6.60. The maximum Gasteiger partial charge on any atom is 0.288 e. The SMILES string of the molecule is C[C@H](NN(C(=O)c1ncnc2ccsc12)C1CC(O)C1)c1cncc(Cl)c1. The van der Waals surface area contributed by atoms with E-state index in [9.17, 15) is 9.90 Å². The standard InChI is InChI=1S/C18H18ClN5O2S/c1-10(11-4-12(19)8-20-7-11)23-24(13-5-14(25)6-13)18(26)16-17-15(2-3-27-17)21-9-22-16/h2-4,7-10,13-14,23,25H,5-6H2,1H3/t10-,13?,14?/m0/s1. The molecule has 0 unspecified atom stereocenters. The molecule has 3 aromatic heterocycles. The van der Waals surface area contributed by atoms with Crippen molar-refractivity contribution in [3.05, 3.63) is 52.5 Å². The van der Waals surface area contributed by atoms with E-state index in [0.29, 0.717) is 23.6 Å². The Morgan fingerprint density at radius 3 is 2.96 bits per heavy atom. The number of nitrogens with one attached hydrogen (secondary N) is 1. The molecule has 0 bridgehead atoms. The molecule has 3 aromatic rings. The average Bonchev–Trinajstić information content (AvgIpc) is 3.12. The summed E-state index contributed by atoms with van der Waals surface area (Å²) >= 11 is 7.48. The average molecular weight is 404 g/mol. The van der Waals surface area contributed by atoms with E-state index in [1.807, 2.05) is 24.4 Å². The molecule has 1 amide bonds. The minimum absolute atomic E-state index is 0.105. The lowest BCUT2D eigenvalue weighted by atomic mass is 9.88. The van der Waals surface area contributed by atoms with Crippen LogP contribution in [0.1, 0.15) is 41.9 Å². The molecular weight excluding hydrogens is 386 g/mol. The zero-order valence-electron chi connectivity index (χ0n) is 14.5. The fraction of sp³-hybridized carbons (Fsp3) is 0.333. The number of aliphatic hydroxyl groups is 1. The van der Waals surface area contributed by atoms with Crippen molar-refractivity contribution in [3.8, 4) is 0 Å². The van der Waals surface area contributed by atoms with Gasteiger partial charge in [-0.05, 0) is 42.8 Å². The fourth-order valence-corrected chi connectivity index (χ4v) is 4.11. The highest BCUT2D eigenvalue weighted by Crippen LogP contribution is 2.29. The topological polar surface area (TPSA) is 91.2 Å². The van der Waals surface area contributed by atoms with E-state index in [0.717, 1.165) is 15.8 Å². The van der Waals surface area contributed by atoms with Crippen LogP contribution in [0, 0.1) is 0 Å². The molecule has 0 spiro atoms. The summed E-state index contributed by atoms with van der Waals surface area (Å²) in [5, 5.41) is 13.7. The Kier molecular flexibility index (Phi) is 5.05. The zero-order chi connectivity index (χ0) is 19.0. The summed E-state index contributed by atoms with van der Waals surface area (Å²) in [6.07, 6.45) is 5.35. The van der Waals surface area contributed by atoms with Gasteiger partial charge in [-0.25, -0.2) is 15.4 Å². The van der Waals surface area contributed by atoms with Gasteiger partial charge in [-0.1, -0.05) is 11.6 Å². The van der Waals surface area contributed by atoms with Crippen LogP contribution < -0.4 is 5.43 Å². The van der Waals surface area contributed by atoms with Crippen LogP contribution in [0.3, 0.4) is 0 Å². The van der Waals surface area contributed by atoms with Gasteiger partial charge in [0.2, 0.25) is 0 Å². The van der Waals surface area contributed by atoms with Gasteiger partial charge in [0, 0.05) is 12.4 Å². The van der Waals surface area contributed by atoms with E-state index < -0.39 is 0 Å². The largest absolute Gasteiger partial charge is 0.393 e. The molecule has 0 aromatic carbocycles. The number of rotatable bonds is 5. The molecule has 3 heterocycles. The van der Waals surface area contributed by atoms with Crippen molar-refractivity contribution in [1.29, 1.82) is 0 Å². The number of aromatic nitrogens is 3. The number of fused-ring (bicyclic) bond motifs is 1. The Morgan fingerprint density at radius 1 is 1.41 bits per heavy atom. The van der Waals surface area contributed by atoms with Crippen LogP contribution in [0.15, 0.2) is 36.2 Å². The number of nitrogens with zero attached hydrogens (tertiary/aromatic N) is 4. The smallest absolute Gasteiger partial charge is 0.288 e. The van der Waals surface area contributed by atoms with Crippen molar-refractivity contribution in [2.24, 2.45) is 0 Å². The first-order chi connectivity index (χ1) is 13.0. The van der Waals surface area contributed by atoms with Crippen LogP contribution in [0.4, 0.5) is 0 Å². The summed E-state index contributed by atoms with van der Waals surface area (Å²) in [6.45, 7) is 1.93. The number of hydrogen-bond donors (Lipinski definition) is 2. The van der Waals surface area contributed by atoms with E-state index in [1.54, 1.807) is 17.4 Å². The molecule has 1 fully saturated rings. The van der Waals surface area contributed by atoms with Crippen molar-refractivity contribution < 1.29 is 9.90 Å². The Labute approximate surface area is 165 Å². The maximum atomic E-state index is 13.3. The van der Waals surface area contributed by atoms with Crippen LogP contribution in [0.2, 0.25) is 5.02 Å². The van der Waals surface area contributed by atoms with Crippen LogP contribution in [-0.2, 0) is 0 Å². The third kappa shape index (κ3) is 3.66. The van der Waals surface area contributed by atoms with Gasteiger partial charge in [0.1, 0.15) is 6.33 Å². The van der Waals surface area contributed by atoms with E-state index in [1.165, 1.54) is 17.7 Å². The Morgan fingerprint density at radius 2 is 2.22 bits per heavy atom. The molecule has 1 aliphatic carbocycles. The first-order valence-electron chi connectivity index (χ1n) is 8.59. The molecule has 27 heavy (non-hydrogen) atoms. The van der Waals surface area contributed by atoms with Crippen LogP contribution in [-0.4, -0.2) is 43.1 Å². The number of pyridine rings is 1. The lowest BCUT2D eigenvalue weighted by Gasteiger charge is -2.41. The third-order valence-corrected chi connectivity index (χ3v) is 5.79. The molecule has 0 radical (unpaired) electrons. The highest BCUT2D eigenvalue weighted by Gasteiger charge is 2.37. The lowest BCUT2D eigenvalue weighted by Crippen LogP contribution is -2.56. The van der Waals surface area contributed by atoms with Crippen molar-refractivity contribution in [2.45, 2.75) is 38.0 Å². The third-order valence-electron chi connectivity index (χ3n) is 4.68. The number of amides is 1. The number of aliphatic hydroxyl groups excluding tert-OH is 1. The summed E-state index contributed by atoms with van der Waals surface area (Å²) < 4.78 is 0.756. The van der Waals surface area contributed by atoms with Crippen molar-refractivity contribution in [1.82, 2.24) is 25.4 Å². The minimum Gasteiger partial charge on any atom is -0.393 e. The molecule has 0 aliphatic heterocycles. The molecular formula is C18H18ClN5O2S. The normalized spacial score (nSPS) is 20.3. The quantitative estimate of drug-likeness (QED) is 0.636. The Hall–Kier alpha value is -2.13. The lowest BCUT2D eigenvalue weighted by molar-refractivity contribution is -0.0180. The van der Waals surface area contributed by atoms with E-state index in [2.05, 4.69) is 20.4 Å². The maximum absolute atomic E-state index is 13.3.